The molecule has 1 heterocycles. The Morgan fingerprint density at radius 3 is 1.81 bits per heavy atom. The Labute approximate surface area is 193 Å². The Balaban J connectivity index is 1.82. The lowest BCUT2D eigenvalue weighted by atomic mass is 10.00. The molecule has 1 fully saturated rings. The molecule has 0 spiro atoms. The fraction of sp³-hybridized carbons (Fsp3) is 0.148. The molecular weight excluding hydrogens is 416 g/mol. The lowest BCUT2D eigenvalue weighted by Gasteiger charge is -2.36. The first-order chi connectivity index (χ1) is 15.4. The molecule has 160 valence electrons. The van der Waals surface area contributed by atoms with Gasteiger partial charge < -0.3 is 0 Å². The molecule has 1 aliphatic heterocycles. The molecule has 0 saturated carbocycles. The van der Waals surface area contributed by atoms with E-state index in [1.807, 2.05) is 85.8 Å². The molecule has 4 nitrogen and oxygen atoms in total. The van der Waals surface area contributed by atoms with E-state index in [-0.39, 0.29) is 10.7 Å². The van der Waals surface area contributed by atoms with E-state index < -0.39 is 11.8 Å². The molecule has 0 unspecified atom stereocenters. The van der Waals surface area contributed by atoms with E-state index in [1.54, 1.807) is 6.08 Å². The van der Waals surface area contributed by atoms with Gasteiger partial charge in [-0.1, -0.05) is 74.0 Å². The summed E-state index contributed by atoms with van der Waals surface area (Å²) in [7, 11) is 0. The van der Waals surface area contributed by atoms with E-state index >= 15 is 0 Å². The minimum absolute atomic E-state index is 0.0697. The number of thiocarbonyl (C=S) groups is 1. The van der Waals surface area contributed by atoms with Gasteiger partial charge in [0.15, 0.2) is 5.11 Å². The zero-order valence-electron chi connectivity index (χ0n) is 18.3. The third-order valence-corrected chi connectivity index (χ3v) is 5.84. The Morgan fingerprint density at radius 1 is 0.750 bits per heavy atom. The maximum absolute atomic E-state index is 13.5. The van der Waals surface area contributed by atoms with E-state index in [4.69, 9.17) is 12.2 Å². The van der Waals surface area contributed by atoms with E-state index in [0.717, 1.165) is 11.1 Å². The zero-order chi connectivity index (χ0) is 22.8. The summed E-state index contributed by atoms with van der Waals surface area (Å²) in [5.74, 6) is -0.455. The molecule has 3 aromatic carbocycles. The predicted molar refractivity (Wildman–Crippen MR) is 134 cm³/mol. The van der Waals surface area contributed by atoms with Crippen molar-refractivity contribution in [3.8, 4) is 0 Å². The molecule has 0 aliphatic carbocycles. The van der Waals surface area contributed by atoms with Gasteiger partial charge >= 0.3 is 0 Å². The summed E-state index contributed by atoms with van der Waals surface area (Å²) in [6.45, 7) is 6.23. The fourth-order valence-electron chi connectivity index (χ4n) is 3.60. The topological polar surface area (TPSA) is 40.6 Å². The van der Waals surface area contributed by atoms with E-state index in [2.05, 4.69) is 13.8 Å². The SMILES string of the molecule is Cc1ccc(N2C(=O)C(=Cc3ccc(C(C)C)cc3)C(=O)N(c3ccccc3)C2=S)cc1. The highest BCUT2D eigenvalue weighted by molar-refractivity contribution is 7.81. The highest BCUT2D eigenvalue weighted by Gasteiger charge is 2.41. The quantitative estimate of drug-likeness (QED) is 0.290. The molecule has 1 aliphatic rings. The van der Waals surface area contributed by atoms with Crippen LogP contribution in [0.5, 0.6) is 0 Å². The predicted octanol–water partition coefficient (Wildman–Crippen LogP) is 5.87. The van der Waals surface area contributed by atoms with Crippen LogP contribution in [0.3, 0.4) is 0 Å². The normalized spacial score (nSPS) is 15.8. The van der Waals surface area contributed by atoms with Gasteiger partial charge in [-0.25, -0.2) is 0 Å². The number of hydrogen-bond acceptors (Lipinski definition) is 3. The van der Waals surface area contributed by atoms with Crippen molar-refractivity contribution in [1.82, 2.24) is 0 Å². The number of amides is 2. The second-order valence-corrected chi connectivity index (χ2v) is 8.48. The van der Waals surface area contributed by atoms with Crippen LogP contribution in [0.1, 0.15) is 36.5 Å². The minimum atomic E-state index is -0.428. The molecule has 0 bridgehead atoms. The van der Waals surface area contributed by atoms with Crippen molar-refractivity contribution in [2.45, 2.75) is 26.7 Å². The van der Waals surface area contributed by atoms with Gasteiger partial charge in [0.1, 0.15) is 5.57 Å². The van der Waals surface area contributed by atoms with Crippen LogP contribution >= 0.6 is 12.2 Å². The average Bonchev–Trinajstić information content (AvgIpc) is 2.79. The molecule has 4 rings (SSSR count). The summed E-state index contributed by atoms with van der Waals surface area (Å²) in [5.41, 5.74) is 4.37. The maximum Gasteiger partial charge on any atom is 0.270 e. The number of anilines is 2. The first kappa shape index (κ1) is 21.7. The first-order valence-electron chi connectivity index (χ1n) is 10.5. The Morgan fingerprint density at radius 2 is 1.28 bits per heavy atom. The van der Waals surface area contributed by atoms with Gasteiger partial charge in [-0.3, -0.25) is 19.4 Å². The smallest absolute Gasteiger partial charge is 0.268 e. The van der Waals surface area contributed by atoms with Crippen molar-refractivity contribution < 1.29 is 9.59 Å². The highest BCUT2D eigenvalue weighted by atomic mass is 32.1. The van der Waals surface area contributed by atoms with Crippen LogP contribution in [0.2, 0.25) is 0 Å². The van der Waals surface area contributed by atoms with Crippen molar-refractivity contribution in [2.24, 2.45) is 0 Å². The van der Waals surface area contributed by atoms with Crippen LogP contribution < -0.4 is 9.80 Å². The molecule has 0 radical (unpaired) electrons. The fourth-order valence-corrected chi connectivity index (χ4v) is 3.98. The van der Waals surface area contributed by atoms with Crippen LogP contribution in [0.4, 0.5) is 11.4 Å². The van der Waals surface area contributed by atoms with Crippen molar-refractivity contribution in [3.63, 3.8) is 0 Å². The van der Waals surface area contributed by atoms with Gasteiger partial charge in [0.2, 0.25) is 0 Å². The van der Waals surface area contributed by atoms with Gasteiger partial charge in [0, 0.05) is 0 Å². The summed E-state index contributed by atoms with van der Waals surface area (Å²) in [5, 5.41) is 0.141. The Hall–Kier alpha value is -3.57. The van der Waals surface area contributed by atoms with Crippen molar-refractivity contribution in [3.05, 3.63) is 101 Å². The van der Waals surface area contributed by atoms with Crippen LogP contribution in [0.15, 0.2) is 84.4 Å². The van der Waals surface area contributed by atoms with Gasteiger partial charge in [-0.05, 0) is 66.5 Å². The summed E-state index contributed by atoms with van der Waals surface area (Å²) in [4.78, 5) is 29.8. The minimum Gasteiger partial charge on any atom is -0.268 e. The van der Waals surface area contributed by atoms with Crippen LogP contribution in [-0.2, 0) is 9.59 Å². The molecule has 3 aromatic rings. The lowest BCUT2D eigenvalue weighted by Crippen LogP contribution is -2.56. The summed E-state index contributed by atoms with van der Waals surface area (Å²) in [6.07, 6.45) is 1.65. The van der Waals surface area contributed by atoms with Crippen LogP contribution in [-0.4, -0.2) is 16.9 Å². The number of para-hydroxylation sites is 1. The molecule has 5 heteroatoms. The Bertz CT molecular complexity index is 1200. The summed E-state index contributed by atoms with van der Waals surface area (Å²) < 4.78 is 0. The summed E-state index contributed by atoms with van der Waals surface area (Å²) >= 11 is 5.65. The van der Waals surface area contributed by atoms with Crippen molar-refractivity contribution >= 4 is 46.6 Å². The van der Waals surface area contributed by atoms with Gasteiger partial charge in [0.25, 0.3) is 11.8 Å². The molecule has 1 saturated heterocycles. The number of aryl methyl sites for hydroxylation is 1. The largest absolute Gasteiger partial charge is 0.270 e. The average molecular weight is 441 g/mol. The van der Waals surface area contributed by atoms with Crippen LogP contribution in [0, 0.1) is 6.92 Å². The number of carbonyl (C=O) groups is 2. The number of carbonyl (C=O) groups excluding carboxylic acids is 2. The first-order valence-corrected chi connectivity index (χ1v) is 10.9. The molecule has 0 N–H and O–H groups in total. The molecule has 0 aromatic heterocycles. The summed E-state index contributed by atoms with van der Waals surface area (Å²) in [6, 6.07) is 24.6. The van der Waals surface area contributed by atoms with E-state index in [9.17, 15) is 9.59 Å². The van der Waals surface area contributed by atoms with E-state index in [1.165, 1.54) is 15.4 Å². The third kappa shape index (κ3) is 4.12. The number of nitrogens with zero attached hydrogens (tertiary/aromatic N) is 2. The van der Waals surface area contributed by atoms with Crippen molar-refractivity contribution in [2.75, 3.05) is 9.80 Å². The monoisotopic (exact) mass is 440 g/mol. The Kier molecular flexibility index (Phi) is 6.01. The second-order valence-electron chi connectivity index (χ2n) is 8.11. The molecule has 0 atom stereocenters. The van der Waals surface area contributed by atoms with Gasteiger partial charge in [-0.2, -0.15) is 0 Å². The molecule has 32 heavy (non-hydrogen) atoms. The highest BCUT2D eigenvalue weighted by Crippen LogP contribution is 2.30. The molecular formula is C27H24N2O2S. The van der Waals surface area contributed by atoms with Gasteiger partial charge in [-0.15, -0.1) is 0 Å². The van der Waals surface area contributed by atoms with E-state index in [0.29, 0.717) is 17.3 Å². The molecule has 2 amide bonds. The van der Waals surface area contributed by atoms with Crippen LogP contribution in [0.25, 0.3) is 6.08 Å². The zero-order valence-corrected chi connectivity index (χ0v) is 19.1. The number of benzene rings is 3. The standard InChI is InChI=1S/C27H24N2O2S/c1-18(2)21-13-11-20(12-14-21)17-24-25(30)28(22-7-5-4-6-8-22)27(32)29(26(24)31)23-15-9-19(3)10-16-23/h4-18H,1-3H3. The number of hydrogen-bond donors (Lipinski definition) is 0. The third-order valence-electron chi connectivity index (χ3n) is 5.47. The van der Waals surface area contributed by atoms with Crippen molar-refractivity contribution in [1.29, 1.82) is 0 Å². The van der Waals surface area contributed by atoms with Gasteiger partial charge in [0.05, 0.1) is 11.4 Å². The maximum atomic E-state index is 13.5. The lowest BCUT2D eigenvalue weighted by molar-refractivity contribution is -0.120. The second kappa shape index (κ2) is 8.89. The number of rotatable bonds is 4.